The van der Waals surface area contributed by atoms with Gasteiger partial charge in [0.25, 0.3) is 0 Å². The molecule has 0 fully saturated rings. The van der Waals surface area contributed by atoms with Gasteiger partial charge in [-0.15, -0.1) is 0 Å². The summed E-state index contributed by atoms with van der Waals surface area (Å²) in [5.74, 6) is -1.24. The molecule has 1 rings (SSSR count). The third-order valence-corrected chi connectivity index (χ3v) is 2.23. The number of methoxy groups -OCH3 is 1. The molecule has 0 aliphatic carbocycles. The van der Waals surface area contributed by atoms with Crippen LogP contribution in [0.4, 0.5) is 0 Å². The molecule has 0 amide bonds. The van der Waals surface area contributed by atoms with E-state index in [1.165, 1.54) is 7.11 Å². The monoisotopic (exact) mass is 210 g/mol. The summed E-state index contributed by atoms with van der Waals surface area (Å²) in [7, 11) is 1.38. The molecule has 0 radical (unpaired) electrons. The molecule has 0 aliphatic heterocycles. The predicted molar refractivity (Wildman–Crippen MR) is 55.7 cm³/mol. The maximum Gasteiger partial charge on any atom is 0.339 e. The molecule has 0 bridgehead atoms. The zero-order chi connectivity index (χ0) is 11.6. The van der Waals surface area contributed by atoms with Crippen molar-refractivity contribution < 1.29 is 19.7 Å². The Morgan fingerprint density at radius 3 is 2.40 bits per heavy atom. The van der Waals surface area contributed by atoms with Crippen LogP contribution in [0, 0.1) is 0 Å². The van der Waals surface area contributed by atoms with Gasteiger partial charge in [-0.3, -0.25) is 0 Å². The number of phenols is 1. The summed E-state index contributed by atoms with van der Waals surface area (Å²) in [6.07, 6.45) is 0. The molecule has 2 N–H and O–H groups in total. The van der Waals surface area contributed by atoms with Gasteiger partial charge in [0.1, 0.15) is 5.56 Å². The van der Waals surface area contributed by atoms with Crippen LogP contribution in [0.5, 0.6) is 11.5 Å². The third kappa shape index (κ3) is 2.03. The van der Waals surface area contributed by atoms with Gasteiger partial charge in [0, 0.05) is 0 Å². The summed E-state index contributed by atoms with van der Waals surface area (Å²) >= 11 is 0. The van der Waals surface area contributed by atoms with E-state index in [1.807, 2.05) is 13.8 Å². The van der Waals surface area contributed by atoms with Crippen LogP contribution in [-0.4, -0.2) is 23.3 Å². The second kappa shape index (κ2) is 4.21. The lowest BCUT2D eigenvalue weighted by atomic mass is 9.96. The van der Waals surface area contributed by atoms with E-state index in [1.54, 1.807) is 12.1 Å². The topological polar surface area (TPSA) is 66.8 Å². The molecule has 0 aromatic heterocycles. The first-order chi connectivity index (χ1) is 6.99. The van der Waals surface area contributed by atoms with Crippen LogP contribution >= 0.6 is 0 Å². The minimum atomic E-state index is -1.14. The van der Waals surface area contributed by atoms with Crippen molar-refractivity contribution in [3.8, 4) is 11.5 Å². The molecule has 0 saturated carbocycles. The van der Waals surface area contributed by atoms with Gasteiger partial charge in [-0.2, -0.15) is 0 Å². The zero-order valence-corrected chi connectivity index (χ0v) is 8.94. The lowest BCUT2D eigenvalue weighted by Gasteiger charge is -2.13. The molecule has 0 unspecified atom stereocenters. The highest BCUT2D eigenvalue weighted by atomic mass is 16.5. The van der Waals surface area contributed by atoms with Crippen molar-refractivity contribution >= 4 is 5.97 Å². The normalized spacial score (nSPS) is 10.4. The van der Waals surface area contributed by atoms with Crippen LogP contribution in [0.2, 0.25) is 0 Å². The maximum absolute atomic E-state index is 11.0. The van der Waals surface area contributed by atoms with Crippen molar-refractivity contribution in [1.82, 2.24) is 0 Å². The fraction of sp³-hybridized carbons (Fsp3) is 0.364. The number of benzene rings is 1. The van der Waals surface area contributed by atoms with Crippen molar-refractivity contribution in [2.24, 2.45) is 0 Å². The Bertz CT molecular complexity index is 382. The summed E-state index contributed by atoms with van der Waals surface area (Å²) in [5, 5.41) is 18.7. The highest BCUT2D eigenvalue weighted by Gasteiger charge is 2.20. The van der Waals surface area contributed by atoms with Crippen LogP contribution in [0.15, 0.2) is 12.1 Å². The smallest absolute Gasteiger partial charge is 0.339 e. The van der Waals surface area contributed by atoms with Crippen LogP contribution < -0.4 is 4.74 Å². The molecule has 1 aromatic carbocycles. The number of hydrogen-bond acceptors (Lipinski definition) is 3. The molecule has 4 heteroatoms. The van der Waals surface area contributed by atoms with Gasteiger partial charge >= 0.3 is 5.97 Å². The zero-order valence-electron chi connectivity index (χ0n) is 8.94. The number of hydrogen-bond donors (Lipinski definition) is 2. The number of carboxylic acids is 1. The van der Waals surface area contributed by atoms with Crippen molar-refractivity contribution in [2.75, 3.05) is 7.11 Å². The van der Waals surface area contributed by atoms with Crippen molar-refractivity contribution in [3.63, 3.8) is 0 Å². The van der Waals surface area contributed by atoms with E-state index >= 15 is 0 Å². The minimum absolute atomic E-state index is 0.0351. The van der Waals surface area contributed by atoms with Crippen molar-refractivity contribution in [1.29, 1.82) is 0 Å². The average Bonchev–Trinajstić information content (AvgIpc) is 2.16. The highest BCUT2D eigenvalue weighted by molar-refractivity contribution is 5.93. The molecule has 1 aromatic rings. The largest absolute Gasteiger partial charge is 0.504 e. The second-order valence-electron chi connectivity index (χ2n) is 3.54. The Morgan fingerprint density at radius 1 is 1.40 bits per heavy atom. The van der Waals surface area contributed by atoms with Gasteiger partial charge in [-0.25, -0.2) is 4.79 Å². The maximum atomic E-state index is 11.0. The quantitative estimate of drug-likeness (QED) is 0.802. The van der Waals surface area contributed by atoms with Crippen molar-refractivity contribution in [3.05, 3.63) is 23.3 Å². The van der Waals surface area contributed by atoms with E-state index in [2.05, 4.69) is 0 Å². The summed E-state index contributed by atoms with van der Waals surface area (Å²) in [5.41, 5.74) is 0.519. The van der Waals surface area contributed by atoms with E-state index in [0.717, 1.165) is 0 Å². The lowest BCUT2D eigenvalue weighted by molar-refractivity contribution is 0.0691. The van der Waals surface area contributed by atoms with Gasteiger partial charge in [0.05, 0.1) is 7.11 Å². The first kappa shape index (κ1) is 11.4. The summed E-state index contributed by atoms with van der Waals surface area (Å²) in [4.78, 5) is 11.0. The summed E-state index contributed by atoms with van der Waals surface area (Å²) in [6, 6.07) is 3.23. The van der Waals surface area contributed by atoms with Gasteiger partial charge in [-0.05, 0) is 17.5 Å². The first-order valence-electron chi connectivity index (χ1n) is 4.62. The Hall–Kier alpha value is -1.71. The Kier molecular flexibility index (Phi) is 3.19. The van der Waals surface area contributed by atoms with Crippen LogP contribution in [-0.2, 0) is 0 Å². The summed E-state index contributed by atoms with van der Waals surface area (Å²) < 4.78 is 4.86. The summed E-state index contributed by atoms with van der Waals surface area (Å²) in [6.45, 7) is 3.74. The van der Waals surface area contributed by atoms with E-state index in [4.69, 9.17) is 9.84 Å². The average molecular weight is 210 g/mol. The van der Waals surface area contributed by atoms with E-state index in [-0.39, 0.29) is 23.0 Å². The SMILES string of the molecule is COc1ccc(C(C)C)c(C(=O)O)c1O. The van der Waals surface area contributed by atoms with Gasteiger partial charge in [0.15, 0.2) is 11.5 Å². The molecule has 0 atom stereocenters. The molecule has 4 nitrogen and oxygen atoms in total. The highest BCUT2D eigenvalue weighted by Crippen LogP contribution is 2.35. The van der Waals surface area contributed by atoms with E-state index in [9.17, 15) is 9.90 Å². The number of aromatic carboxylic acids is 1. The van der Waals surface area contributed by atoms with E-state index in [0.29, 0.717) is 5.56 Å². The molecule has 15 heavy (non-hydrogen) atoms. The Morgan fingerprint density at radius 2 is 2.00 bits per heavy atom. The number of aromatic hydroxyl groups is 1. The number of ether oxygens (including phenoxy) is 1. The number of carboxylic acid groups (broad SMARTS) is 1. The molecular formula is C11H14O4. The molecule has 0 heterocycles. The van der Waals surface area contributed by atoms with Gasteiger partial charge in [-0.1, -0.05) is 19.9 Å². The van der Waals surface area contributed by atoms with Crippen molar-refractivity contribution in [2.45, 2.75) is 19.8 Å². The van der Waals surface area contributed by atoms with Crippen LogP contribution in [0.25, 0.3) is 0 Å². The molecule has 0 spiro atoms. The molecule has 82 valence electrons. The first-order valence-corrected chi connectivity index (χ1v) is 4.62. The van der Waals surface area contributed by atoms with Gasteiger partial charge < -0.3 is 14.9 Å². The lowest BCUT2D eigenvalue weighted by Crippen LogP contribution is -2.05. The molecule has 0 saturated heterocycles. The molecule has 0 aliphatic rings. The fourth-order valence-corrected chi connectivity index (χ4v) is 1.46. The predicted octanol–water partition coefficient (Wildman–Crippen LogP) is 2.22. The minimum Gasteiger partial charge on any atom is -0.504 e. The standard InChI is InChI=1S/C11H14O4/c1-6(2)7-4-5-8(15-3)10(12)9(7)11(13)14/h4-6,12H,1-3H3,(H,13,14). The van der Waals surface area contributed by atoms with Gasteiger partial charge in [0.2, 0.25) is 0 Å². The molecular weight excluding hydrogens is 196 g/mol. The second-order valence-corrected chi connectivity index (χ2v) is 3.54. The van der Waals surface area contributed by atoms with E-state index < -0.39 is 5.97 Å². The number of carbonyl (C=O) groups is 1. The third-order valence-electron chi connectivity index (χ3n) is 2.23. The Labute approximate surface area is 88.1 Å². The van der Waals surface area contributed by atoms with Crippen LogP contribution in [0.3, 0.4) is 0 Å². The fourth-order valence-electron chi connectivity index (χ4n) is 1.46. The van der Waals surface area contributed by atoms with Crippen LogP contribution in [0.1, 0.15) is 35.7 Å². The number of rotatable bonds is 3. The Balaban J connectivity index is 3.44.